The summed E-state index contributed by atoms with van der Waals surface area (Å²) in [5, 5.41) is 0.786. The molecule has 0 saturated heterocycles. The minimum atomic E-state index is 0.786. The van der Waals surface area contributed by atoms with Crippen molar-refractivity contribution in [3.63, 3.8) is 0 Å². The molecule has 0 spiro atoms. The Hall–Kier alpha value is -0.0600. The van der Waals surface area contributed by atoms with Gasteiger partial charge in [0.2, 0.25) is 0 Å². The third-order valence-electron chi connectivity index (χ3n) is 1.41. The van der Waals surface area contributed by atoms with Crippen molar-refractivity contribution in [2.45, 2.75) is 5.33 Å². The third kappa shape index (κ3) is 1.95. The second-order valence-electron chi connectivity index (χ2n) is 2.04. The van der Waals surface area contributed by atoms with E-state index in [2.05, 4.69) is 37.3 Å². The molecule has 3 N–H and O–H groups in total. The number of hydrogen-bond donors (Lipinski definition) is 2. The molecule has 0 bridgehead atoms. The summed E-state index contributed by atoms with van der Waals surface area (Å²) >= 11 is 6.80. The summed E-state index contributed by atoms with van der Waals surface area (Å²) in [6.07, 6.45) is 0. The van der Waals surface area contributed by atoms with Gasteiger partial charge in [0.05, 0.1) is 5.69 Å². The molecule has 0 radical (unpaired) electrons. The molecular weight excluding hydrogens is 272 g/mol. The average molecular weight is 280 g/mol. The van der Waals surface area contributed by atoms with Gasteiger partial charge in [0, 0.05) is 15.4 Å². The summed E-state index contributed by atoms with van der Waals surface area (Å²) in [7, 11) is 0. The van der Waals surface area contributed by atoms with Gasteiger partial charge < -0.3 is 5.43 Å². The Balaban J connectivity index is 3.13. The highest BCUT2D eigenvalue weighted by atomic mass is 79.9. The van der Waals surface area contributed by atoms with Crippen LogP contribution in [0.15, 0.2) is 22.7 Å². The van der Waals surface area contributed by atoms with E-state index in [9.17, 15) is 0 Å². The van der Waals surface area contributed by atoms with Gasteiger partial charge in [-0.25, -0.2) is 0 Å². The maximum Gasteiger partial charge on any atom is 0.0536 e. The van der Waals surface area contributed by atoms with Crippen LogP contribution in [-0.4, -0.2) is 0 Å². The van der Waals surface area contributed by atoms with Crippen LogP contribution in [0.4, 0.5) is 5.69 Å². The molecule has 1 rings (SSSR count). The molecule has 0 atom stereocenters. The molecule has 0 aliphatic rings. The minimum absolute atomic E-state index is 0.786. The molecule has 0 aliphatic carbocycles. The topological polar surface area (TPSA) is 38.0 Å². The first-order valence-corrected chi connectivity index (χ1v) is 5.01. The van der Waals surface area contributed by atoms with Gasteiger partial charge >= 0.3 is 0 Å². The van der Waals surface area contributed by atoms with Gasteiger partial charge in [-0.15, -0.1) is 0 Å². The quantitative estimate of drug-likeness (QED) is 0.496. The number of benzene rings is 1. The van der Waals surface area contributed by atoms with E-state index < -0.39 is 0 Å². The molecule has 0 aromatic heterocycles. The molecule has 11 heavy (non-hydrogen) atoms. The lowest BCUT2D eigenvalue weighted by Gasteiger charge is -2.07. The normalized spacial score (nSPS) is 9.73. The van der Waals surface area contributed by atoms with Gasteiger partial charge in [-0.3, -0.25) is 5.84 Å². The van der Waals surface area contributed by atoms with Crippen LogP contribution < -0.4 is 11.3 Å². The lowest BCUT2D eigenvalue weighted by molar-refractivity contribution is 1.29. The molecule has 4 heteroatoms. The Labute approximate surface area is 82.4 Å². The van der Waals surface area contributed by atoms with Gasteiger partial charge in [-0.05, 0) is 12.1 Å². The van der Waals surface area contributed by atoms with Crippen LogP contribution in [-0.2, 0) is 5.33 Å². The standard InChI is InChI=1S/C7H8Br2N2/c8-4-5-6(9)2-1-3-7(5)11-10/h1-3,11H,4,10H2. The van der Waals surface area contributed by atoms with Crippen LogP contribution >= 0.6 is 31.9 Å². The first-order chi connectivity index (χ1) is 5.29. The first kappa shape index (κ1) is 9.03. The van der Waals surface area contributed by atoms with Gasteiger partial charge in [0.15, 0.2) is 0 Å². The number of rotatable bonds is 2. The predicted molar refractivity (Wildman–Crippen MR) is 54.6 cm³/mol. The number of alkyl halides is 1. The molecule has 0 heterocycles. The van der Waals surface area contributed by atoms with E-state index in [0.29, 0.717) is 0 Å². The van der Waals surface area contributed by atoms with Gasteiger partial charge in [-0.2, -0.15) is 0 Å². The van der Waals surface area contributed by atoms with Crippen molar-refractivity contribution >= 4 is 37.5 Å². The maximum absolute atomic E-state index is 5.30. The van der Waals surface area contributed by atoms with Gasteiger partial charge in [-0.1, -0.05) is 37.9 Å². The molecule has 0 aliphatic heterocycles. The maximum atomic E-state index is 5.30. The van der Waals surface area contributed by atoms with Gasteiger partial charge in [0.25, 0.3) is 0 Å². The van der Waals surface area contributed by atoms with Crippen molar-refractivity contribution in [3.05, 3.63) is 28.2 Å². The highest BCUT2D eigenvalue weighted by Crippen LogP contribution is 2.25. The molecule has 0 fully saturated rings. The Kier molecular flexibility index (Phi) is 3.36. The molecule has 0 amide bonds. The van der Waals surface area contributed by atoms with Crippen molar-refractivity contribution in [1.29, 1.82) is 0 Å². The van der Waals surface area contributed by atoms with Crippen LogP contribution in [0.25, 0.3) is 0 Å². The first-order valence-electron chi connectivity index (χ1n) is 3.09. The van der Waals surface area contributed by atoms with Crippen LogP contribution in [0.2, 0.25) is 0 Å². The number of halogens is 2. The van der Waals surface area contributed by atoms with Crippen molar-refractivity contribution in [2.24, 2.45) is 5.84 Å². The Bertz CT molecular complexity index is 250. The van der Waals surface area contributed by atoms with Crippen LogP contribution in [0, 0.1) is 0 Å². The summed E-state index contributed by atoms with van der Waals surface area (Å²) in [5.74, 6) is 5.30. The summed E-state index contributed by atoms with van der Waals surface area (Å²) in [4.78, 5) is 0. The third-order valence-corrected chi connectivity index (χ3v) is 2.71. The molecule has 0 unspecified atom stereocenters. The summed E-state index contributed by atoms with van der Waals surface area (Å²) in [6.45, 7) is 0. The Morgan fingerprint density at radius 2 is 2.18 bits per heavy atom. The van der Waals surface area contributed by atoms with E-state index in [0.717, 1.165) is 21.1 Å². The minimum Gasteiger partial charge on any atom is -0.324 e. The van der Waals surface area contributed by atoms with E-state index in [1.807, 2.05) is 18.2 Å². The Morgan fingerprint density at radius 3 is 2.64 bits per heavy atom. The lowest BCUT2D eigenvalue weighted by Crippen LogP contribution is -2.08. The van der Waals surface area contributed by atoms with Crippen LogP contribution in [0.1, 0.15) is 5.56 Å². The SMILES string of the molecule is NNc1cccc(Br)c1CBr. The second-order valence-corrected chi connectivity index (χ2v) is 3.46. The number of nitrogens with one attached hydrogen (secondary N) is 1. The van der Waals surface area contributed by atoms with E-state index in [1.165, 1.54) is 0 Å². The molecule has 60 valence electrons. The number of hydrazine groups is 1. The molecule has 1 aromatic carbocycles. The zero-order valence-corrected chi connectivity index (χ0v) is 8.94. The molecule has 2 nitrogen and oxygen atoms in total. The number of nitrogens with two attached hydrogens (primary N) is 1. The van der Waals surface area contributed by atoms with Crippen molar-refractivity contribution in [2.75, 3.05) is 5.43 Å². The molecule has 0 saturated carbocycles. The second kappa shape index (κ2) is 4.09. The largest absolute Gasteiger partial charge is 0.324 e. The lowest BCUT2D eigenvalue weighted by atomic mass is 10.2. The highest BCUT2D eigenvalue weighted by Gasteiger charge is 2.02. The highest BCUT2D eigenvalue weighted by molar-refractivity contribution is 9.10. The monoisotopic (exact) mass is 278 g/mol. The van der Waals surface area contributed by atoms with Crippen LogP contribution in [0.3, 0.4) is 0 Å². The van der Waals surface area contributed by atoms with E-state index in [-0.39, 0.29) is 0 Å². The van der Waals surface area contributed by atoms with Crippen molar-refractivity contribution in [1.82, 2.24) is 0 Å². The molecule has 1 aromatic rings. The van der Waals surface area contributed by atoms with Crippen LogP contribution in [0.5, 0.6) is 0 Å². The summed E-state index contributed by atoms with van der Waals surface area (Å²) in [5.41, 5.74) is 4.70. The fraction of sp³-hybridized carbons (Fsp3) is 0.143. The predicted octanol–water partition coefficient (Wildman–Crippen LogP) is 2.63. The zero-order chi connectivity index (χ0) is 8.27. The summed E-state index contributed by atoms with van der Waals surface area (Å²) in [6, 6.07) is 5.85. The van der Waals surface area contributed by atoms with E-state index in [4.69, 9.17) is 5.84 Å². The number of hydrogen-bond acceptors (Lipinski definition) is 2. The number of anilines is 1. The average Bonchev–Trinajstić information content (AvgIpc) is 2.04. The zero-order valence-electron chi connectivity index (χ0n) is 5.77. The van der Waals surface area contributed by atoms with E-state index >= 15 is 0 Å². The fourth-order valence-electron chi connectivity index (χ4n) is 0.830. The van der Waals surface area contributed by atoms with Crippen molar-refractivity contribution < 1.29 is 0 Å². The smallest absolute Gasteiger partial charge is 0.0536 e. The van der Waals surface area contributed by atoms with E-state index in [1.54, 1.807) is 0 Å². The Morgan fingerprint density at radius 1 is 1.45 bits per heavy atom. The summed E-state index contributed by atoms with van der Waals surface area (Å²) < 4.78 is 1.06. The fourth-order valence-corrected chi connectivity index (χ4v) is 2.32. The molecular formula is C7H8Br2N2. The van der Waals surface area contributed by atoms with Gasteiger partial charge in [0.1, 0.15) is 0 Å². The number of nitrogen functional groups attached to an aromatic ring is 1. The van der Waals surface area contributed by atoms with Crippen molar-refractivity contribution in [3.8, 4) is 0 Å².